The van der Waals surface area contributed by atoms with Gasteiger partial charge in [0.25, 0.3) is 0 Å². The van der Waals surface area contributed by atoms with Crippen molar-refractivity contribution in [3.63, 3.8) is 0 Å². The van der Waals surface area contributed by atoms with E-state index in [1.165, 1.54) is 58.0 Å². The zero-order valence-corrected chi connectivity index (χ0v) is 14.5. The number of nitrogens with zero attached hydrogens (tertiary/aromatic N) is 1. The van der Waals surface area contributed by atoms with Crippen molar-refractivity contribution >= 4 is 0 Å². The van der Waals surface area contributed by atoms with Crippen LogP contribution in [0.2, 0.25) is 0 Å². The van der Waals surface area contributed by atoms with Crippen LogP contribution in [0.4, 0.5) is 0 Å². The summed E-state index contributed by atoms with van der Waals surface area (Å²) in [5, 5.41) is 3.73. The molecule has 0 spiro atoms. The molecule has 2 fully saturated rings. The highest BCUT2D eigenvalue weighted by molar-refractivity contribution is 4.90. The Bertz CT molecular complexity index is 296. The van der Waals surface area contributed by atoms with Gasteiger partial charge in [-0.05, 0) is 45.1 Å². The smallest absolute Gasteiger partial charge is 0.0753 e. The Morgan fingerprint density at radius 3 is 2.43 bits per heavy atom. The maximum absolute atomic E-state index is 5.88. The van der Waals surface area contributed by atoms with Crippen molar-refractivity contribution in [3.05, 3.63) is 0 Å². The van der Waals surface area contributed by atoms with Gasteiger partial charge in [-0.2, -0.15) is 0 Å². The fourth-order valence-electron chi connectivity index (χ4n) is 4.12. The molecule has 2 aliphatic rings. The van der Waals surface area contributed by atoms with E-state index >= 15 is 0 Å². The van der Waals surface area contributed by atoms with Gasteiger partial charge in [-0.3, -0.25) is 4.90 Å². The van der Waals surface area contributed by atoms with Gasteiger partial charge >= 0.3 is 0 Å². The van der Waals surface area contributed by atoms with E-state index in [0.29, 0.717) is 5.41 Å². The van der Waals surface area contributed by atoms with Gasteiger partial charge in [0.1, 0.15) is 0 Å². The third-order valence-corrected chi connectivity index (χ3v) is 5.15. The molecule has 0 aromatic heterocycles. The summed E-state index contributed by atoms with van der Waals surface area (Å²) in [6.45, 7) is 13.4. The van der Waals surface area contributed by atoms with E-state index in [0.717, 1.165) is 26.2 Å². The molecule has 0 aromatic carbocycles. The van der Waals surface area contributed by atoms with Crippen molar-refractivity contribution in [2.45, 2.75) is 71.3 Å². The lowest BCUT2D eigenvalue weighted by atomic mass is 9.79. The predicted octanol–water partition coefficient (Wildman–Crippen LogP) is 3.44. The van der Waals surface area contributed by atoms with Crippen LogP contribution in [0.3, 0.4) is 0 Å². The second kappa shape index (κ2) is 7.94. The maximum Gasteiger partial charge on any atom is 0.0753 e. The number of hydrogen-bond donors (Lipinski definition) is 1. The van der Waals surface area contributed by atoms with E-state index in [2.05, 4.69) is 31.0 Å². The fraction of sp³-hybridized carbons (Fsp3) is 1.00. The number of ether oxygens (including phenoxy) is 1. The minimum atomic E-state index is 0.0288. The predicted molar refractivity (Wildman–Crippen MR) is 89.8 cm³/mol. The minimum Gasteiger partial charge on any atom is -0.373 e. The molecule has 1 saturated heterocycles. The lowest BCUT2D eigenvalue weighted by Gasteiger charge is -2.44. The second-order valence-corrected chi connectivity index (χ2v) is 7.91. The second-order valence-electron chi connectivity index (χ2n) is 7.91. The summed E-state index contributed by atoms with van der Waals surface area (Å²) in [6, 6.07) is 0. The third-order valence-electron chi connectivity index (χ3n) is 5.15. The van der Waals surface area contributed by atoms with Crippen LogP contribution in [-0.4, -0.2) is 49.8 Å². The van der Waals surface area contributed by atoms with Crippen LogP contribution in [0.5, 0.6) is 0 Å². The van der Waals surface area contributed by atoms with Crippen LogP contribution in [0.15, 0.2) is 0 Å². The average molecular weight is 296 g/mol. The first-order chi connectivity index (χ1) is 10.1. The van der Waals surface area contributed by atoms with Crippen LogP contribution in [0, 0.1) is 5.41 Å². The summed E-state index contributed by atoms with van der Waals surface area (Å²) in [4.78, 5) is 2.67. The Morgan fingerprint density at radius 2 is 1.81 bits per heavy atom. The summed E-state index contributed by atoms with van der Waals surface area (Å²) in [5.41, 5.74) is 0.528. The van der Waals surface area contributed by atoms with Gasteiger partial charge in [-0.25, -0.2) is 0 Å². The summed E-state index contributed by atoms with van der Waals surface area (Å²) >= 11 is 0. The monoisotopic (exact) mass is 296 g/mol. The molecule has 0 aromatic rings. The number of nitrogens with one attached hydrogen (secondary N) is 1. The molecule has 0 unspecified atom stereocenters. The zero-order valence-electron chi connectivity index (χ0n) is 14.5. The highest BCUT2D eigenvalue weighted by atomic mass is 16.5. The molecule has 3 nitrogen and oxygen atoms in total. The normalized spacial score (nSPS) is 26.4. The lowest BCUT2D eigenvalue weighted by molar-refractivity contribution is -0.0952. The van der Waals surface area contributed by atoms with E-state index in [9.17, 15) is 0 Å². The molecule has 1 aliphatic carbocycles. The fourth-order valence-corrected chi connectivity index (χ4v) is 4.12. The van der Waals surface area contributed by atoms with Gasteiger partial charge < -0.3 is 10.1 Å². The highest BCUT2D eigenvalue weighted by Gasteiger charge is 2.36. The van der Waals surface area contributed by atoms with Crippen LogP contribution in [0.25, 0.3) is 0 Å². The maximum atomic E-state index is 5.88. The van der Waals surface area contributed by atoms with E-state index in [4.69, 9.17) is 4.74 Å². The first kappa shape index (κ1) is 17.2. The quantitative estimate of drug-likeness (QED) is 0.600. The standard InChI is InChI=1S/C18H36N2O/c1-4-11-19-14-18(9-7-5-6-8-10-18)16-20-12-13-21-17(2,3)15-20/h19H,4-16H2,1-3H3. The zero-order chi connectivity index (χ0) is 15.2. The summed E-state index contributed by atoms with van der Waals surface area (Å²) in [6.07, 6.45) is 9.75. The number of hydrogen-bond acceptors (Lipinski definition) is 3. The van der Waals surface area contributed by atoms with Crippen molar-refractivity contribution in [3.8, 4) is 0 Å². The molecule has 21 heavy (non-hydrogen) atoms. The average Bonchev–Trinajstić information content (AvgIpc) is 2.64. The minimum absolute atomic E-state index is 0.0288. The molecule has 1 N–H and O–H groups in total. The molecule has 0 bridgehead atoms. The van der Waals surface area contributed by atoms with Crippen molar-refractivity contribution in [1.29, 1.82) is 0 Å². The van der Waals surface area contributed by atoms with Gasteiger partial charge in [0, 0.05) is 26.2 Å². The van der Waals surface area contributed by atoms with Crippen molar-refractivity contribution in [2.24, 2.45) is 5.41 Å². The Kier molecular flexibility index (Phi) is 6.51. The molecule has 3 heteroatoms. The molecule has 1 heterocycles. The Balaban J connectivity index is 1.96. The largest absolute Gasteiger partial charge is 0.373 e. The van der Waals surface area contributed by atoms with E-state index in [1.54, 1.807) is 0 Å². The van der Waals surface area contributed by atoms with E-state index in [1.807, 2.05) is 0 Å². The Labute approximate surface area is 131 Å². The van der Waals surface area contributed by atoms with Crippen LogP contribution in [-0.2, 0) is 4.74 Å². The van der Waals surface area contributed by atoms with E-state index in [-0.39, 0.29) is 5.60 Å². The topological polar surface area (TPSA) is 24.5 Å². The summed E-state index contributed by atoms with van der Waals surface area (Å²) in [7, 11) is 0. The third kappa shape index (κ3) is 5.54. The van der Waals surface area contributed by atoms with E-state index < -0.39 is 0 Å². The summed E-state index contributed by atoms with van der Waals surface area (Å²) in [5.74, 6) is 0. The summed E-state index contributed by atoms with van der Waals surface area (Å²) < 4.78 is 5.88. The molecular formula is C18H36N2O. The number of rotatable bonds is 6. The molecule has 2 rings (SSSR count). The van der Waals surface area contributed by atoms with Crippen molar-refractivity contribution in [1.82, 2.24) is 10.2 Å². The molecule has 1 saturated carbocycles. The molecule has 0 atom stereocenters. The Hall–Kier alpha value is -0.120. The lowest BCUT2D eigenvalue weighted by Crippen LogP contribution is -2.53. The molecular weight excluding hydrogens is 260 g/mol. The SMILES string of the molecule is CCCNCC1(CN2CCOC(C)(C)C2)CCCCCC1. The van der Waals surface area contributed by atoms with Gasteiger partial charge in [0.05, 0.1) is 12.2 Å². The van der Waals surface area contributed by atoms with Gasteiger partial charge in [-0.15, -0.1) is 0 Å². The first-order valence-electron chi connectivity index (χ1n) is 9.12. The van der Waals surface area contributed by atoms with Crippen LogP contribution in [0.1, 0.15) is 65.7 Å². The highest BCUT2D eigenvalue weighted by Crippen LogP contribution is 2.36. The van der Waals surface area contributed by atoms with Gasteiger partial charge in [0.2, 0.25) is 0 Å². The first-order valence-corrected chi connectivity index (χ1v) is 9.12. The molecule has 124 valence electrons. The van der Waals surface area contributed by atoms with Crippen LogP contribution < -0.4 is 5.32 Å². The van der Waals surface area contributed by atoms with Crippen molar-refractivity contribution in [2.75, 3.05) is 39.3 Å². The molecule has 0 amide bonds. The Morgan fingerprint density at radius 1 is 1.10 bits per heavy atom. The molecule has 1 aliphatic heterocycles. The van der Waals surface area contributed by atoms with Gasteiger partial charge in [-0.1, -0.05) is 32.6 Å². The van der Waals surface area contributed by atoms with Crippen molar-refractivity contribution < 1.29 is 4.74 Å². The van der Waals surface area contributed by atoms with Crippen LogP contribution >= 0.6 is 0 Å². The molecule has 0 radical (unpaired) electrons. The number of morpholine rings is 1. The van der Waals surface area contributed by atoms with Gasteiger partial charge in [0.15, 0.2) is 0 Å².